The third-order valence-corrected chi connectivity index (χ3v) is 2.84. The third-order valence-electron chi connectivity index (χ3n) is 2.84. The van der Waals surface area contributed by atoms with Crippen LogP contribution in [-0.2, 0) is 4.79 Å². The van der Waals surface area contributed by atoms with E-state index in [9.17, 15) is 4.79 Å². The molecule has 0 bridgehead atoms. The second-order valence-electron chi connectivity index (χ2n) is 4.03. The molecule has 1 aromatic carbocycles. The molecule has 1 aliphatic heterocycles. The fraction of sp³-hybridized carbons (Fsp3) is 0.417. The average molecular weight is 205 g/mol. The van der Waals surface area contributed by atoms with E-state index in [2.05, 4.69) is 0 Å². The summed E-state index contributed by atoms with van der Waals surface area (Å²) in [5.41, 5.74) is 1.03. The lowest BCUT2D eigenvalue weighted by atomic mass is 9.98. The lowest BCUT2D eigenvalue weighted by Crippen LogP contribution is -2.54. The summed E-state index contributed by atoms with van der Waals surface area (Å²) in [5, 5.41) is 9.13. The summed E-state index contributed by atoms with van der Waals surface area (Å²) in [4.78, 5) is 13.6. The summed E-state index contributed by atoms with van der Waals surface area (Å²) in [6, 6.07) is 9.72. The zero-order valence-electron chi connectivity index (χ0n) is 8.76. The lowest BCUT2D eigenvalue weighted by Gasteiger charge is -2.37. The van der Waals surface area contributed by atoms with Crippen LogP contribution in [0.25, 0.3) is 0 Å². The number of benzene rings is 1. The summed E-state index contributed by atoms with van der Waals surface area (Å²) < 4.78 is 0. The average Bonchev–Trinajstić information content (AvgIpc) is 2.24. The molecule has 1 N–H and O–H groups in total. The second kappa shape index (κ2) is 4.03. The molecule has 0 spiro atoms. The Balaban J connectivity index is 2.02. The molecule has 0 saturated carbocycles. The summed E-state index contributed by atoms with van der Waals surface area (Å²) in [6.45, 7) is 2.87. The molecule has 1 heterocycles. The number of carbonyl (C=O) groups is 1. The first-order valence-electron chi connectivity index (χ1n) is 5.20. The molecule has 0 radical (unpaired) electrons. The van der Waals surface area contributed by atoms with Gasteiger partial charge in [0.05, 0.1) is 12.0 Å². The largest absolute Gasteiger partial charge is 0.389 e. The Bertz CT molecular complexity index is 344. The monoisotopic (exact) mass is 205 g/mol. The molecule has 80 valence electrons. The van der Waals surface area contributed by atoms with Crippen LogP contribution in [0.1, 0.15) is 18.4 Å². The predicted molar refractivity (Wildman–Crippen MR) is 57.4 cm³/mol. The molecule has 1 unspecified atom stereocenters. The highest BCUT2D eigenvalue weighted by molar-refractivity contribution is 5.84. The van der Waals surface area contributed by atoms with Gasteiger partial charge in [0.2, 0.25) is 5.91 Å². The first-order valence-corrected chi connectivity index (χ1v) is 5.20. The Kier molecular flexibility index (Phi) is 2.73. The number of aliphatic hydroxyl groups excluding tert-OH is 1. The number of aliphatic hydroxyl groups is 1. The van der Waals surface area contributed by atoms with E-state index in [4.69, 9.17) is 5.11 Å². The summed E-state index contributed by atoms with van der Waals surface area (Å²) in [7, 11) is 0. The van der Waals surface area contributed by atoms with Gasteiger partial charge in [-0.2, -0.15) is 0 Å². The van der Waals surface area contributed by atoms with Crippen molar-refractivity contribution in [2.24, 2.45) is 0 Å². The number of rotatable bonds is 2. The zero-order valence-corrected chi connectivity index (χ0v) is 8.76. The number of likely N-dealkylation sites (tertiary alicyclic amines) is 1. The summed E-state index contributed by atoms with van der Waals surface area (Å²) in [5.74, 6) is -0.00907. The maximum atomic E-state index is 11.9. The van der Waals surface area contributed by atoms with E-state index in [0.717, 1.165) is 5.56 Å². The van der Waals surface area contributed by atoms with Gasteiger partial charge in [-0.15, -0.1) is 0 Å². The van der Waals surface area contributed by atoms with Crippen LogP contribution in [0.3, 0.4) is 0 Å². The minimum atomic E-state index is -0.322. The van der Waals surface area contributed by atoms with Crippen LogP contribution >= 0.6 is 0 Å². The van der Waals surface area contributed by atoms with Crippen LogP contribution in [0, 0.1) is 0 Å². The van der Waals surface area contributed by atoms with Crippen LogP contribution < -0.4 is 0 Å². The van der Waals surface area contributed by atoms with E-state index >= 15 is 0 Å². The summed E-state index contributed by atoms with van der Waals surface area (Å²) >= 11 is 0. The smallest absolute Gasteiger partial charge is 0.230 e. The van der Waals surface area contributed by atoms with Gasteiger partial charge in [0.15, 0.2) is 0 Å². The number of amides is 1. The van der Waals surface area contributed by atoms with Crippen molar-refractivity contribution in [2.75, 3.05) is 13.1 Å². The molecule has 1 amide bonds. The van der Waals surface area contributed by atoms with Crippen LogP contribution in [0.4, 0.5) is 0 Å². The van der Waals surface area contributed by atoms with Crippen molar-refractivity contribution in [1.29, 1.82) is 0 Å². The van der Waals surface area contributed by atoms with E-state index in [1.807, 2.05) is 37.3 Å². The van der Waals surface area contributed by atoms with Gasteiger partial charge in [-0.05, 0) is 12.5 Å². The van der Waals surface area contributed by atoms with Crippen molar-refractivity contribution in [3.05, 3.63) is 35.9 Å². The Morgan fingerprint density at radius 3 is 2.53 bits per heavy atom. The van der Waals surface area contributed by atoms with Crippen LogP contribution in [0.2, 0.25) is 0 Å². The topological polar surface area (TPSA) is 40.5 Å². The van der Waals surface area contributed by atoms with Gasteiger partial charge in [0.25, 0.3) is 0 Å². The van der Waals surface area contributed by atoms with Gasteiger partial charge in [0, 0.05) is 13.1 Å². The molecule has 1 fully saturated rings. The van der Waals surface area contributed by atoms with Crippen LogP contribution in [0.15, 0.2) is 30.3 Å². The van der Waals surface area contributed by atoms with Gasteiger partial charge in [-0.25, -0.2) is 0 Å². The molecule has 3 nitrogen and oxygen atoms in total. The van der Waals surface area contributed by atoms with E-state index < -0.39 is 0 Å². The molecule has 0 aliphatic carbocycles. The van der Waals surface area contributed by atoms with Crippen molar-refractivity contribution in [1.82, 2.24) is 4.90 Å². The molecular weight excluding hydrogens is 190 g/mol. The van der Waals surface area contributed by atoms with Crippen molar-refractivity contribution in [3.8, 4) is 0 Å². The molecule has 1 atom stereocenters. The Morgan fingerprint density at radius 1 is 1.40 bits per heavy atom. The standard InChI is InChI=1S/C12H15NO2/c1-9(10-5-3-2-4-6-10)12(15)13-7-11(14)8-13/h2-6,9,11,14H,7-8H2,1H3. The van der Waals surface area contributed by atoms with Gasteiger partial charge < -0.3 is 10.0 Å². The van der Waals surface area contributed by atoms with Gasteiger partial charge >= 0.3 is 0 Å². The Hall–Kier alpha value is -1.35. The number of nitrogens with zero attached hydrogens (tertiary/aromatic N) is 1. The van der Waals surface area contributed by atoms with Crippen LogP contribution in [-0.4, -0.2) is 35.1 Å². The number of hydrogen-bond donors (Lipinski definition) is 1. The van der Waals surface area contributed by atoms with Crippen molar-refractivity contribution >= 4 is 5.91 Å². The normalized spacial score (nSPS) is 18.4. The molecule has 1 aromatic rings. The van der Waals surface area contributed by atoms with E-state index in [-0.39, 0.29) is 17.9 Å². The number of β-amino-alcohol motifs (C(OH)–C–C–N with tert-alkyl or cyclic N) is 1. The maximum absolute atomic E-state index is 11.9. The van der Waals surface area contributed by atoms with E-state index in [1.54, 1.807) is 4.90 Å². The van der Waals surface area contributed by atoms with Gasteiger partial charge in [0.1, 0.15) is 0 Å². The lowest BCUT2D eigenvalue weighted by molar-refractivity contribution is -0.142. The number of carbonyl (C=O) groups excluding carboxylic acids is 1. The molecule has 0 aromatic heterocycles. The third kappa shape index (κ3) is 2.02. The zero-order chi connectivity index (χ0) is 10.8. The highest BCUT2D eigenvalue weighted by atomic mass is 16.3. The highest BCUT2D eigenvalue weighted by Crippen LogP contribution is 2.20. The second-order valence-corrected chi connectivity index (χ2v) is 4.03. The molecule has 1 saturated heterocycles. The molecule has 1 aliphatic rings. The van der Waals surface area contributed by atoms with Crippen molar-refractivity contribution in [3.63, 3.8) is 0 Å². The van der Waals surface area contributed by atoms with E-state index in [0.29, 0.717) is 13.1 Å². The molecule has 3 heteroatoms. The molecule has 2 rings (SSSR count). The van der Waals surface area contributed by atoms with Crippen molar-refractivity contribution < 1.29 is 9.90 Å². The minimum absolute atomic E-state index is 0.103. The molecule has 15 heavy (non-hydrogen) atoms. The highest BCUT2D eigenvalue weighted by Gasteiger charge is 2.31. The first-order chi connectivity index (χ1) is 7.18. The van der Waals surface area contributed by atoms with E-state index in [1.165, 1.54) is 0 Å². The summed E-state index contributed by atoms with van der Waals surface area (Å²) in [6.07, 6.45) is -0.322. The Morgan fingerprint density at radius 2 is 2.00 bits per heavy atom. The van der Waals surface area contributed by atoms with Gasteiger partial charge in [-0.1, -0.05) is 30.3 Å². The van der Waals surface area contributed by atoms with Gasteiger partial charge in [-0.3, -0.25) is 4.79 Å². The fourth-order valence-corrected chi connectivity index (χ4v) is 1.79. The predicted octanol–water partition coefficient (Wildman–Crippen LogP) is 0.993. The minimum Gasteiger partial charge on any atom is -0.389 e. The molecular formula is C12H15NO2. The quantitative estimate of drug-likeness (QED) is 0.782. The number of hydrogen-bond acceptors (Lipinski definition) is 2. The maximum Gasteiger partial charge on any atom is 0.230 e. The Labute approximate surface area is 89.3 Å². The fourth-order valence-electron chi connectivity index (χ4n) is 1.79. The van der Waals surface area contributed by atoms with Crippen LogP contribution in [0.5, 0.6) is 0 Å². The SMILES string of the molecule is CC(C(=O)N1CC(O)C1)c1ccccc1. The van der Waals surface area contributed by atoms with Crippen molar-refractivity contribution in [2.45, 2.75) is 18.9 Å². The first kappa shape index (κ1) is 10.2.